The van der Waals surface area contributed by atoms with Gasteiger partial charge >= 0.3 is 5.97 Å². The molecule has 1 aliphatic heterocycles. The smallest absolute Gasteiger partial charge is 0.331 e. The van der Waals surface area contributed by atoms with Crippen molar-refractivity contribution in [2.75, 3.05) is 6.54 Å². The van der Waals surface area contributed by atoms with Crippen molar-refractivity contribution in [3.8, 4) is 0 Å². The van der Waals surface area contributed by atoms with Gasteiger partial charge < -0.3 is 10.4 Å². The number of fused-ring (bicyclic) bond motifs is 1. The van der Waals surface area contributed by atoms with E-state index in [-0.39, 0.29) is 16.7 Å². The van der Waals surface area contributed by atoms with Gasteiger partial charge in [-0.25, -0.2) is 4.79 Å². The van der Waals surface area contributed by atoms with Gasteiger partial charge in [0.05, 0.1) is 0 Å². The zero-order valence-corrected chi connectivity index (χ0v) is 15.0. The average molecular weight is 331 g/mol. The third-order valence-corrected chi connectivity index (χ3v) is 7.27. The van der Waals surface area contributed by atoms with Gasteiger partial charge in [-0.05, 0) is 55.8 Å². The Morgan fingerprint density at radius 3 is 2.71 bits per heavy atom. The molecule has 0 radical (unpaired) electrons. The van der Waals surface area contributed by atoms with Crippen LogP contribution >= 0.6 is 0 Å². The van der Waals surface area contributed by atoms with Gasteiger partial charge in [-0.2, -0.15) is 0 Å². The van der Waals surface area contributed by atoms with Gasteiger partial charge in [0.25, 0.3) is 0 Å². The zero-order chi connectivity index (χ0) is 17.5. The lowest BCUT2D eigenvalue weighted by Gasteiger charge is -2.57. The molecule has 3 aliphatic rings. The van der Waals surface area contributed by atoms with Gasteiger partial charge in [-0.1, -0.05) is 32.9 Å². The molecule has 0 bridgehead atoms. The second-order valence-electron chi connectivity index (χ2n) is 8.36. The molecule has 24 heavy (non-hydrogen) atoms. The maximum Gasteiger partial charge on any atom is 0.331 e. The van der Waals surface area contributed by atoms with E-state index in [0.717, 1.165) is 44.1 Å². The molecule has 2 N–H and O–H groups in total. The molecule has 0 aromatic carbocycles. The summed E-state index contributed by atoms with van der Waals surface area (Å²) in [5.74, 6) is 0.236. The number of hydrogen-bond acceptors (Lipinski definition) is 2. The van der Waals surface area contributed by atoms with E-state index < -0.39 is 5.97 Å². The molecule has 132 valence electrons. The van der Waals surface area contributed by atoms with E-state index in [9.17, 15) is 14.7 Å². The Kier molecular flexibility index (Phi) is 4.35. The molecule has 0 spiro atoms. The van der Waals surface area contributed by atoms with Gasteiger partial charge in [0.15, 0.2) is 0 Å². The van der Waals surface area contributed by atoms with E-state index in [1.54, 1.807) is 0 Å². The van der Waals surface area contributed by atoms with Crippen LogP contribution in [0.3, 0.4) is 0 Å². The minimum atomic E-state index is -0.753. The fourth-order valence-electron chi connectivity index (χ4n) is 5.53. The Labute approximate surface area is 144 Å². The molecule has 1 fully saturated rings. The Hall–Kier alpha value is -1.58. The molecule has 0 saturated heterocycles. The monoisotopic (exact) mass is 331 g/mol. The molecule has 1 saturated carbocycles. The lowest BCUT2D eigenvalue weighted by molar-refractivity contribution is -0.137. The second kappa shape index (κ2) is 6.05. The van der Waals surface area contributed by atoms with Gasteiger partial charge in [-0.15, -0.1) is 0 Å². The number of nitrogens with one attached hydrogen (secondary N) is 1. The number of allylic oxidation sites excluding steroid dienone is 1. The van der Waals surface area contributed by atoms with Crippen LogP contribution in [0.25, 0.3) is 0 Å². The summed E-state index contributed by atoms with van der Waals surface area (Å²) >= 11 is 0. The van der Waals surface area contributed by atoms with Crippen LogP contribution in [0.2, 0.25) is 0 Å². The van der Waals surface area contributed by atoms with Crippen molar-refractivity contribution in [3.05, 3.63) is 23.3 Å². The molecular weight excluding hydrogens is 302 g/mol. The van der Waals surface area contributed by atoms with Gasteiger partial charge in [0.1, 0.15) is 0 Å². The first-order valence-corrected chi connectivity index (χ1v) is 9.20. The first kappa shape index (κ1) is 17.2. The van der Waals surface area contributed by atoms with Crippen LogP contribution < -0.4 is 5.32 Å². The quantitative estimate of drug-likeness (QED) is 0.825. The second-order valence-corrected chi connectivity index (χ2v) is 8.36. The number of carboxylic acids is 1. The van der Waals surface area contributed by atoms with Crippen LogP contribution in [-0.2, 0) is 9.59 Å². The van der Waals surface area contributed by atoms with E-state index in [1.807, 2.05) is 12.2 Å². The number of amides is 1. The van der Waals surface area contributed by atoms with Crippen molar-refractivity contribution in [2.45, 2.75) is 59.3 Å². The molecule has 4 nitrogen and oxygen atoms in total. The molecule has 1 heterocycles. The van der Waals surface area contributed by atoms with Crippen molar-refractivity contribution in [1.29, 1.82) is 0 Å². The summed E-state index contributed by atoms with van der Waals surface area (Å²) in [7, 11) is 0. The Morgan fingerprint density at radius 1 is 1.33 bits per heavy atom. The summed E-state index contributed by atoms with van der Waals surface area (Å²) in [5.41, 5.74) is 1.36. The topological polar surface area (TPSA) is 66.4 Å². The highest BCUT2D eigenvalue weighted by Crippen LogP contribution is 2.62. The van der Waals surface area contributed by atoms with E-state index in [0.29, 0.717) is 24.0 Å². The first-order valence-electron chi connectivity index (χ1n) is 9.20. The van der Waals surface area contributed by atoms with Gasteiger partial charge in [-0.3, -0.25) is 4.79 Å². The third kappa shape index (κ3) is 2.60. The first-order chi connectivity index (χ1) is 11.3. The van der Waals surface area contributed by atoms with Crippen molar-refractivity contribution in [1.82, 2.24) is 5.32 Å². The van der Waals surface area contributed by atoms with Crippen LogP contribution in [0.1, 0.15) is 59.3 Å². The maximum absolute atomic E-state index is 11.9. The fraction of sp³-hybridized carbons (Fsp3) is 0.700. The summed E-state index contributed by atoms with van der Waals surface area (Å²) < 4.78 is 0. The van der Waals surface area contributed by atoms with E-state index >= 15 is 0 Å². The highest BCUT2D eigenvalue weighted by Gasteiger charge is 2.55. The van der Waals surface area contributed by atoms with Crippen LogP contribution in [0.15, 0.2) is 23.3 Å². The Morgan fingerprint density at radius 2 is 2.08 bits per heavy atom. The largest absolute Gasteiger partial charge is 0.478 e. The fourth-order valence-corrected chi connectivity index (χ4v) is 5.53. The van der Waals surface area contributed by atoms with Gasteiger partial charge in [0.2, 0.25) is 5.91 Å². The lowest BCUT2D eigenvalue weighted by atomic mass is 9.46. The summed E-state index contributed by atoms with van der Waals surface area (Å²) in [6.07, 6.45) is 9.62. The number of carbonyl (C=O) groups excluding carboxylic acids is 1. The Bertz CT molecular complexity index is 620. The highest BCUT2D eigenvalue weighted by atomic mass is 16.4. The highest BCUT2D eigenvalue weighted by molar-refractivity contribution is 5.95. The molecule has 2 aliphatic carbocycles. The predicted octanol–water partition coefficient (Wildman–Crippen LogP) is 3.69. The average Bonchev–Trinajstić information content (AvgIpc) is 2.94. The van der Waals surface area contributed by atoms with E-state index in [1.165, 1.54) is 0 Å². The van der Waals surface area contributed by atoms with Crippen molar-refractivity contribution < 1.29 is 14.7 Å². The number of carboxylic acid groups (broad SMARTS) is 1. The van der Waals surface area contributed by atoms with Gasteiger partial charge in [0, 0.05) is 23.1 Å². The van der Waals surface area contributed by atoms with E-state index in [4.69, 9.17) is 0 Å². The molecule has 0 aromatic rings. The molecule has 1 amide bonds. The van der Waals surface area contributed by atoms with Crippen molar-refractivity contribution in [2.24, 2.45) is 22.7 Å². The third-order valence-electron chi connectivity index (χ3n) is 7.27. The molecular formula is C20H29NO3. The minimum Gasteiger partial charge on any atom is -0.478 e. The SMILES string of the molecule is C[C@@H]1CC[C@@]2(C)C(C(=O)O)=CCC[C@@H]2[C@@]1(C)CCC1=CCNC1=O. The summed E-state index contributed by atoms with van der Waals surface area (Å²) in [6, 6.07) is 0. The molecule has 3 rings (SSSR count). The number of aliphatic carboxylic acids is 1. The standard InChI is InChI=1S/C20H29NO3/c1-13-7-10-20(3)15(18(23)24)5-4-6-16(20)19(13,2)11-8-14-9-12-21-17(14)22/h5,9,13,16H,4,6-8,10-12H2,1-3H3,(H,21,22)(H,23,24)/t13-,16-,19+,20+/m1/s1. The zero-order valence-electron chi connectivity index (χ0n) is 15.0. The van der Waals surface area contributed by atoms with Crippen LogP contribution in [0.5, 0.6) is 0 Å². The molecule has 4 heteroatoms. The Balaban J connectivity index is 1.87. The summed E-state index contributed by atoms with van der Waals surface area (Å²) in [4.78, 5) is 23.6. The number of hydrogen-bond donors (Lipinski definition) is 2. The van der Waals surface area contributed by atoms with Crippen LogP contribution in [-0.4, -0.2) is 23.5 Å². The normalized spacial score (nSPS) is 38.9. The summed E-state index contributed by atoms with van der Waals surface area (Å²) in [5, 5.41) is 12.5. The summed E-state index contributed by atoms with van der Waals surface area (Å²) in [6.45, 7) is 7.44. The maximum atomic E-state index is 11.9. The molecule has 0 unspecified atom stereocenters. The number of carbonyl (C=O) groups is 2. The predicted molar refractivity (Wildman–Crippen MR) is 93.4 cm³/mol. The van der Waals surface area contributed by atoms with E-state index in [2.05, 4.69) is 26.1 Å². The lowest BCUT2D eigenvalue weighted by Crippen LogP contribution is -2.51. The van der Waals surface area contributed by atoms with Crippen LogP contribution in [0.4, 0.5) is 0 Å². The van der Waals surface area contributed by atoms with Crippen molar-refractivity contribution >= 4 is 11.9 Å². The number of rotatable bonds is 4. The van der Waals surface area contributed by atoms with Crippen LogP contribution in [0, 0.1) is 22.7 Å². The molecule has 4 atom stereocenters. The molecule has 0 aromatic heterocycles. The minimum absolute atomic E-state index is 0.0691. The van der Waals surface area contributed by atoms with Crippen molar-refractivity contribution in [3.63, 3.8) is 0 Å².